The average molecular weight is 436 g/mol. The maximum Gasteiger partial charge on any atom is 0.319 e. The van der Waals surface area contributed by atoms with Crippen LogP contribution >= 0.6 is 0 Å². The standard InChI is InChI=1S/C24H33N7O/c1-2-3-12-32-23-27-20-19(29-30-21(20)22(25)28-23)13-17-4-6-18(7-5-17)14-31-15-24(16-31)8-10-26-11-9-24/h4-7,26H,2-3,8-16H2,1H3,(H,29,30)(H2,25,27,28). The van der Waals surface area contributed by atoms with Crippen LogP contribution in [0.3, 0.4) is 0 Å². The van der Waals surface area contributed by atoms with Crippen LogP contribution in [0.5, 0.6) is 6.01 Å². The zero-order valence-corrected chi connectivity index (χ0v) is 18.9. The predicted molar refractivity (Wildman–Crippen MR) is 126 cm³/mol. The molecule has 4 heterocycles. The summed E-state index contributed by atoms with van der Waals surface area (Å²) in [5, 5.41) is 10.9. The van der Waals surface area contributed by atoms with E-state index in [9.17, 15) is 0 Å². The molecule has 2 saturated heterocycles. The number of unbranched alkanes of at least 4 members (excludes halogenated alkanes) is 1. The zero-order chi connectivity index (χ0) is 22.0. The van der Waals surface area contributed by atoms with Gasteiger partial charge in [0.25, 0.3) is 0 Å². The summed E-state index contributed by atoms with van der Waals surface area (Å²) in [4.78, 5) is 11.4. The lowest BCUT2D eigenvalue weighted by atomic mass is 9.72. The first-order valence-electron chi connectivity index (χ1n) is 11.8. The van der Waals surface area contributed by atoms with Crippen molar-refractivity contribution in [2.24, 2.45) is 5.41 Å². The Bertz CT molecular complexity index is 1050. The molecular formula is C24H33N7O. The number of ether oxygens (including phenoxy) is 1. The minimum absolute atomic E-state index is 0.322. The van der Waals surface area contributed by atoms with Crippen LogP contribution in [0.25, 0.3) is 11.0 Å². The molecule has 2 fully saturated rings. The van der Waals surface area contributed by atoms with Crippen LogP contribution < -0.4 is 15.8 Å². The van der Waals surface area contributed by atoms with Gasteiger partial charge < -0.3 is 15.8 Å². The van der Waals surface area contributed by atoms with Crippen molar-refractivity contribution in [1.82, 2.24) is 30.4 Å². The third kappa shape index (κ3) is 4.42. The minimum atomic E-state index is 0.322. The molecule has 1 spiro atoms. The van der Waals surface area contributed by atoms with E-state index in [1.54, 1.807) is 0 Å². The molecule has 0 amide bonds. The number of anilines is 1. The van der Waals surface area contributed by atoms with Crippen molar-refractivity contribution in [3.05, 3.63) is 41.1 Å². The molecule has 0 saturated carbocycles. The van der Waals surface area contributed by atoms with Gasteiger partial charge in [-0.05, 0) is 48.9 Å². The summed E-state index contributed by atoms with van der Waals surface area (Å²) < 4.78 is 5.67. The van der Waals surface area contributed by atoms with Crippen LogP contribution in [0.4, 0.5) is 5.82 Å². The number of benzene rings is 1. The summed E-state index contributed by atoms with van der Waals surface area (Å²) in [6.45, 7) is 8.56. The second-order valence-corrected chi connectivity index (χ2v) is 9.38. The van der Waals surface area contributed by atoms with Crippen LogP contribution in [0.2, 0.25) is 0 Å². The van der Waals surface area contributed by atoms with Gasteiger partial charge in [-0.25, -0.2) is 0 Å². The van der Waals surface area contributed by atoms with E-state index in [1.807, 2.05) is 0 Å². The van der Waals surface area contributed by atoms with E-state index in [0.717, 1.165) is 30.6 Å². The number of hydrogen-bond donors (Lipinski definition) is 3. The van der Waals surface area contributed by atoms with Gasteiger partial charge in [-0.2, -0.15) is 15.1 Å². The fraction of sp³-hybridized carbons (Fsp3) is 0.542. The number of nitrogen functional groups attached to an aromatic ring is 1. The highest BCUT2D eigenvalue weighted by molar-refractivity contribution is 5.86. The smallest absolute Gasteiger partial charge is 0.319 e. The van der Waals surface area contributed by atoms with E-state index in [0.29, 0.717) is 35.8 Å². The largest absolute Gasteiger partial charge is 0.463 e. The predicted octanol–water partition coefficient (Wildman–Crippen LogP) is 2.89. The SMILES string of the molecule is CCCCOc1nc(N)c2[nH]nc(Cc3ccc(CN4CC5(CCNCC5)C4)cc3)c2n1. The van der Waals surface area contributed by atoms with Crippen LogP contribution in [0, 0.1) is 5.41 Å². The Balaban J connectivity index is 1.22. The highest BCUT2D eigenvalue weighted by atomic mass is 16.5. The molecule has 2 aliphatic heterocycles. The van der Waals surface area contributed by atoms with Crippen LogP contribution in [0.15, 0.2) is 24.3 Å². The molecule has 8 heteroatoms. The Morgan fingerprint density at radius 2 is 1.84 bits per heavy atom. The Labute approximate surface area is 189 Å². The topological polar surface area (TPSA) is 105 Å². The maximum absolute atomic E-state index is 6.09. The van der Waals surface area contributed by atoms with Crippen molar-refractivity contribution in [2.75, 3.05) is 38.5 Å². The molecular weight excluding hydrogens is 402 g/mol. The van der Waals surface area contributed by atoms with Crippen LogP contribution in [0.1, 0.15) is 49.4 Å². The van der Waals surface area contributed by atoms with Gasteiger partial charge in [0.1, 0.15) is 11.0 Å². The van der Waals surface area contributed by atoms with Gasteiger partial charge >= 0.3 is 6.01 Å². The quantitative estimate of drug-likeness (QED) is 0.467. The van der Waals surface area contributed by atoms with E-state index >= 15 is 0 Å². The number of aromatic amines is 1. The first-order chi connectivity index (χ1) is 15.6. The highest BCUT2D eigenvalue weighted by Crippen LogP contribution is 2.39. The van der Waals surface area contributed by atoms with Crippen molar-refractivity contribution in [3.8, 4) is 6.01 Å². The number of aromatic nitrogens is 4. The summed E-state index contributed by atoms with van der Waals surface area (Å²) in [6, 6.07) is 9.18. The molecule has 1 aromatic carbocycles. The lowest BCUT2D eigenvalue weighted by molar-refractivity contribution is -0.0282. The first-order valence-corrected chi connectivity index (χ1v) is 11.8. The molecule has 0 aliphatic carbocycles. The summed E-state index contributed by atoms with van der Waals surface area (Å²) >= 11 is 0. The Morgan fingerprint density at radius 3 is 2.59 bits per heavy atom. The van der Waals surface area contributed by atoms with Crippen molar-refractivity contribution in [2.45, 2.75) is 45.6 Å². The number of nitrogens with zero attached hydrogens (tertiary/aromatic N) is 4. The number of likely N-dealkylation sites (tertiary alicyclic amines) is 1. The molecule has 5 rings (SSSR count). The average Bonchev–Trinajstić information content (AvgIpc) is 3.18. The number of H-pyrrole nitrogens is 1. The lowest BCUT2D eigenvalue weighted by Crippen LogP contribution is -2.59. The molecule has 32 heavy (non-hydrogen) atoms. The third-order valence-electron chi connectivity index (χ3n) is 6.80. The summed E-state index contributed by atoms with van der Waals surface area (Å²) in [5.74, 6) is 0.372. The highest BCUT2D eigenvalue weighted by Gasteiger charge is 2.42. The Morgan fingerprint density at radius 1 is 1.09 bits per heavy atom. The normalized spacial score (nSPS) is 18.2. The number of hydrogen-bond acceptors (Lipinski definition) is 7. The van der Waals surface area contributed by atoms with E-state index in [1.165, 1.54) is 50.1 Å². The van der Waals surface area contributed by atoms with Crippen molar-refractivity contribution < 1.29 is 4.74 Å². The van der Waals surface area contributed by atoms with Gasteiger partial charge in [-0.15, -0.1) is 0 Å². The molecule has 4 N–H and O–H groups in total. The van der Waals surface area contributed by atoms with Gasteiger partial charge in [0, 0.05) is 26.1 Å². The number of nitrogens with one attached hydrogen (secondary N) is 2. The zero-order valence-electron chi connectivity index (χ0n) is 18.9. The Kier molecular flexibility index (Phi) is 5.97. The second-order valence-electron chi connectivity index (χ2n) is 9.38. The first kappa shape index (κ1) is 21.2. The third-order valence-corrected chi connectivity index (χ3v) is 6.80. The molecule has 170 valence electrons. The Hall–Kier alpha value is -2.71. The van der Waals surface area contributed by atoms with Crippen LogP contribution in [-0.2, 0) is 13.0 Å². The minimum Gasteiger partial charge on any atom is -0.463 e. The second kappa shape index (κ2) is 9.03. The molecule has 8 nitrogen and oxygen atoms in total. The van der Waals surface area contributed by atoms with Gasteiger partial charge in [-0.3, -0.25) is 10.00 Å². The van der Waals surface area contributed by atoms with Crippen LogP contribution in [-0.4, -0.2) is 57.9 Å². The molecule has 0 atom stereocenters. The van der Waals surface area contributed by atoms with E-state index < -0.39 is 0 Å². The number of rotatable bonds is 8. The molecule has 0 radical (unpaired) electrons. The van der Waals surface area contributed by atoms with E-state index in [2.05, 4.69) is 61.6 Å². The monoisotopic (exact) mass is 435 g/mol. The number of fused-ring (bicyclic) bond motifs is 1. The van der Waals surface area contributed by atoms with Crippen molar-refractivity contribution in [3.63, 3.8) is 0 Å². The summed E-state index contributed by atoms with van der Waals surface area (Å²) in [5.41, 5.74) is 11.5. The lowest BCUT2D eigenvalue weighted by Gasteiger charge is -2.52. The molecule has 0 bridgehead atoms. The van der Waals surface area contributed by atoms with Gasteiger partial charge in [0.05, 0.1) is 12.3 Å². The summed E-state index contributed by atoms with van der Waals surface area (Å²) in [6.07, 6.45) is 5.34. The molecule has 0 unspecified atom stereocenters. The van der Waals surface area contributed by atoms with Gasteiger partial charge in [0.2, 0.25) is 0 Å². The summed E-state index contributed by atoms with van der Waals surface area (Å²) in [7, 11) is 0. The van der Waals surface area contributed by atoms with E-state index in [-0.39, 0.29) is 0 Å². The van der Waals surface area contributed by atoms with Gasteiger partial charge in [0.15, 0.2) is 5.82 Å². The van der Waals surface area contributed by atoms with Crippen molar-refractivity contribution >= 4 is 16.9 Å². The molecule has 3 aromatic rings. The fourth-order valence-corrected chi connectivity index (χ4v) is 4.95. The van der Waals surface area contributed by atoms with Crippen molar-refractivity contribution in [1.29, 1.82) is 0 Å². The molecule has 2 aromatic heterocycles. The molecule has 2 aliphatic rings. The van der Waals surface area contributed by atoms with E-state index in [4.69, 9.17) is 10.5 Å². The number of nitrogens with two attached hydrogens (primary N) is 1. The maximum atomic E-state index is 6.09. The van der Waals surface area contributed by atoms with Gasteiger partial charge in [-0.1, -0.05) is 37.6 Å². The fourth-order valence-electron chi connectivity index (χ4n) is 4.95. The number of piperidine rings is 1.